The minimum Gasteiger partial charge on any atom is -0.264 e. The van der Waals surface area contributed by atoms with E-state index in [9.17, 15) is 0 Å². The molecule has 1 unspecified atom stereocenters. The van der Waals surface area contributed by atoms with Crippen molar-refractivity contribution in [1.82, 2.24) is 4.98 Å². The van der Waals surface area contributed by atoms with Crippen LogP contribution in [0.2, 0.25) is 0 Å². The average molecular weight is 207 g/mol. The van der Waals surface area contributed by atoms with Crippen molar-refractivity contribution in [1.29, 1.82) is 0 Å². The van der Waals surface area contributed by atoms with Crippen molar-refractivity contribution in [3.05, 3.63) is 65.5 Å². The fraction of sp³-hybridized carbons (Fsp3) is 0.133. The molecule has 1 atom stereocenters. The van der Waals surface area contributed by atoms with Crippen LogP contribution in [-0.2, 0) is 0 Å². The molecule has 1 heterocycles. The summed E-state index contributed by atoms with van der Waals surface area (Å²) in [5.41, 5.74) is 5.36. The number of pyridine rings is 1. The maximum absolute atomic E-state index is 4.19. The molecule has 1 aliphatic carbocycles. The molecule has 0 fully saturated rings. The van der Waals surface area contributed by atoms with Crippen LogP contribution in [0.1, 0.15) is 29.5 Å². The third-order valence-electron chi connectivity index (χ3n) is 3.23. The zero-order valence-corrected chi connectivity index (χ0v) is 9.22. The summed E-state index contributed by atoms with van der Waals surface area (Å²) in [7, 11) is 0. The highest BCUT2D eigenvalue weighted by atomic mass is 14.6. The SMILES string of the molecule is CC1C(c2cccnc2)=Cc2ccccc21. The van der Waals surface area contributed by atoms with Crippen molar-refractivity contribution in [3.8, 4) is 0 Å². The van der Waals surface area contributed by atoms with Crippen LogP contribution in [0.4, 0.5) is 0 Å². The molecule has 0 amide bonds. The normalized spacial score (nSPS) is 18.1. The molecule has 0 N–H and O–H groups in total. The second-order valence-corrected chi connectivity index (χ2v) is 4.19. The molecule has 1 aromatic heterocycles. The maximum Gasteiger partial charge on any atom is 0.0343 e. The second-order valence-electron chi connectivity index (χ2n) is 4.19. The zero-order chi connectivity index (χ0) is 11.0. The summed E-state index contributed by atoms with van der Waals surface area (Å²) in [5, 5.41) is 0. The van der Waals surface area contributed by atoms with E-state index in [0.717, 1.165) is 0 Å². The topological polar surface area (TPSA) is 12.9 Å². The van der Waals surface area contributed by atoms with Crippen molar-refractivity contribution in [3.63, 3.8) is 0 Å². The van der Waals surface area contributed by atoms with Crippen LogP contribution in [0.15, 0.2) is 48.8 Å². The van der Waals surface area contributed by atoms with Gasteiger partial charge in [-0.3, -0.25) is 4.98 Å². The molecule has 1 aromatic carbocycles. The number of allylic oxidation sites excluding steroid dienone is 1. The lowest BCUT2D eigenvalue weighted by molar-refractivity contribution is 1.01. The largest absolute Gasteiger partial charge is 0.264 e. The Morgan fingerprint density at radius 3 is 2.69 bits per heavy atom. The van der Waals surface area contributed by atoms with Crippen LogP contribution in [0, 0.1) is 0 Å². The molecular weight excluding hydrogens is 194 g/mol. The summed E-state index contributed by atoms with van der Waals surface area (Å²) < 4.78 is 0. The zero-order valence-electron chi connectivity index (χ0n) is 9.22. The van der Waals surface area contributed by atoms with Crippen molar-refractivity contribution >= 4 is 11.6 Å². The molecule has 3 rings (SSSR count). The first-order chi connectivity index (χ1) is 7.86. The smallest absolute Gasteiger partial charge is 0.0343 e. The monoisotopic (exact) mass is 207 g/mol. The van der Waals surface area contributed by atoms with Gasteiger partial charge in [0.25, 0.3) is 0 Å². The van der Waals surface area contributed by atoms with Gasteiger partial charge < -0.3 is 0 Å². The Hall–Kier alpha value is -1.89. The fourth-order valence-electron chi connectivity index (χ4n) is 2.36. The lowest BCUT2D eigenvalue weighted by Crippen LogP contribution is -1.93. The van der Waals surface area contributed by atoms with E-state index in [1.165, 1.54) is 22.3 Å². The van der Waals surface area contributed by atoms with Crippen LogP contribution in [0.25, 0.3) is 11.6 Å². The Balaban J connectivity index is 2.09. The van der Waals surface area contributed by atoms with Gasteiger partial charge in [0, 0.05) is 18.3 Å². The highest BCUT2D eigenvalue weighted by molar-refractivity contribution is 5.90. The summed E-state index contributed by atoms with van der Waals surface area (Å²) in [6.45, 7) is 2.25. The highest BCUT2D eigenvalue weighted by Gasteiger charge is 2.21. The molecule has 1 nitrogen and oxygen atoms in total. The first-order valence-electron chi connectivity index (χ1n) is 5.57. The van der Waals surface area contributed by atoms with Gasteiger partial charge in [0.05, 0.1) is 0 Å². The van der Waals surface area contributed by atoms with E-state index >= 15 is 0 Å². The summed E-state index contributed by atoms with van der Waals surface area (Å²) in [4.78, 5) is 4.19. The summed E-state index contributed by atoms with van der Waals surface area (Å²) >= 11 is 0. The van der Waals surface area contributed by atoms with E-state index in [1.807, 2.05) is 18.5 Å². The number of nitrogens with zero attached hydrogens (tertiary/aromatic N) is 1. The first kappa shape index (κ1) is 9.34. The molecule has 0 aliphatic heterocycles. The van der Waals surface area contributed by atoms with Crippen molar-refractivity contribution in [2.45, 2.75) is 12.8 Å². The third kappa shape index (κ3) is 1.36. The Labute approximate surface area is 95.5 Å². The van der Waals surface area contributed by atoms with E-state index in [2.05, 4.69) is 48.3 Å². The number of aromatic nitrogens is 1. The summed E-state index contributed by atoms with van der Waals surface area (Å²) in [6, 6.07) is 12.7. The van der Waals surface area contributed by atoms with Gasteiger partial charge in [0.2, 0.25) is 0 Å². The van der Waals surface area contributed by atoms with Gasteiger partial charge in [-0.25, -0.2) is 0 Å². The maximum atomic E-state index is 4.19. The van der Waals surface area contributed by atoms with E-state index < -0.39 is 0 Å². The predicted molar refractivity (Wildman–Crippen MR) is 67.0 cm³/mol. The van der Waals surface area contributed by atoms with Gasteiger partial charge in [-0.1, -0.05) is 43.3 Å². The van der Waals surface area contributed by atoms with Gasteiger partial charge in [0.15, 0.2) is 0 Å². The number of hydrogen-bond donors (Lipinski definition) is 0. The Kier molecular flexibility index (Phi) is 2.10. The van der Waals surface area contributed by atoms with Crippen LogP contribution < -0.4 is 0 Å². The number of rotatable bonds is 1. The molecule has 2 aromatic rings. The molecule has 0 saturated carbocycles. The molecular formula is C15H13N. The quantitative estimate of drug-likeness (QED) is 0.694. The Morgan fingerprint density at radius 2 is 1.94 bits per heavy atom. The van der Waals surface area contributed by atoms with Gasteiger partial charge in [-0.2, -0.15) is 0 Å². The fourth-order valence-corrected chi connectivity index (χ4v) is 2.36. The lowest BCUT2D eigenvalue weighted by Gasteiger charge is -2.10. The summed E-state index contributed by atoms with van der Waals surface area (Å²) in [6.07, 6.45) is 6.03. The van der Waals surface area contributed by atoms with Crippen molar-refractivity contribution in [2.24, 2.45) is 0 Å². The van der Waals surface area contributed by atoms with E-state index in [0.29, 0.717) is 5.92 Å². The highest BCUT2D eigenvalue weighted by Crippen LogP contribution is 2.40. The Bertz CT molecular complexity index is 540. The van der Waals surface area contributed by atoms with Gasteiger partial charge in [-0.15, -0.1) is 0 Å². The van der Waals surface area contributed by atoms with Crippen LogP contribution in [0.3, 0.4) is 0 Å². The lowest BCUT2D eigenvalue weighted by atomic mass is 9.94. The molecule has 0 spiro atoms. The molecule has 0 radical (unpaired) electrons. The standard InChI is InChI=1S/C15H13N/c1-11-14-7-3-2-5-12(14)9-15(11)13-6-4-8-16-10-13/h2-11H,1H3. The minimum absolute atomic E-state index is 0.473. The first-order valence-corrected chi connectivity index (χ1v) is 5.57. The number of hydrogen-bond acceptors (Lipinski definition) is 1. The van der Waals surface area contributed by atoms with Crippen molar-refractivity contribution in [2.75, 3.05) is 0 Å². The average Bonchev–Trinajstić information content (AvgIpc) is 2.69. The predicted octanol–water partition coefficient (Wildman–Crippen LogP) is 3.74. The number of fused-ring (bicyclic) bond motifs is 1. The second kappa shape index (κ2) is 3.60. The van der Waals surface area contributed by atoms with Crippen molar-refractivity contribution < 1.29 is 0 Å². The van der Waals surface area contributed by atoms with E-state index in [-0.39, 0.29) is 0 Å². The van der Waals surface area contributed by atoms with E-state index in [1.54, 1.807) is 0 Å². The molecule has 0 saturated heterocycles. The number of benzene rings is 1. The van der Waals surface area contributed by atoms with E-state index in [4.69, 9.17) is 0 Å². The third-order valence-corrected chi connectivity index (χ3v) is 3.23. The van der Waals surface area contributed by atoms with Gasteiger partial charge in [-0.05, 0) is 28.3 Å². The molecule has 0 bridgehead atoms. The van der Waals surface area contributed by atoms with Crippen LogP contribution >= 0.6 is 0 Å². The molecule has 78 valence electrons. The molecule has 16 heavy (non-hydrogen) atoms. The summed E-state index contributed by atoms with van der Waals surface area (Å²) in [5.74, 6) is 0.473. The molecule has 1 aliphatic rings. The van der Waals surface area contributed by atoms with Gasteiger partial charge in [0.1, 0.15) is 0 Å². The van der Waals surface area contributed by atoms with Crippen LogP contribution in [-0.4, -0.2) is 4.98 Å². The van der Waals surface area contributed by atoms with Crippen LogP contribution in [0.5, 0.6) is 0 Å². The van der Waals surface area contributed by atoms with Gasteiger partial charge >= 0.3 is 0 Å². The minimum atomic E-state index is 0.473. The molecule has 1 heteroatoms. The Morgan fingerprint density at radius 1 is 1.06 bits per heavy atom.